The minimum absolute atomic E-state index is 0.00406. The van der Waals surface area contributed by atoms with Crippen LogP contribution in [-0.4, -0.2) is 33.3 Å². The Balaban J connectivity index is 2.19. The molecular weight excluding hydrogens is 466 g/mol. The van der Waals surface area contributed by atoms with Crippen LogP contribution in [0.15, 0.2) is 53.0 Å². The van der Waals surface area contributed by atoms with Gasteiger partial charge in [-0.1, -0.05) is 48.0 Å². The maximum Gasteiger partial charge on any atom is 0.287 e. The molecule has 154 valence electrons. The molecule has 2 aromatic carbocycles. The molecule has 0 fully saturated rings. The molecule has 0 spiro atoms. The van der Waals surface area contributed by atoms with Crippen LogP contribution >= 0.6 is 27.5 Å². The number of halogens is 2. The molecule has 8 heteroatoms. The van der Waals surface area contributed by atoms with Crippen LogP contribution in [-0.2, 0) is 31.6 Å². The normalized spacial score (nSPS) is 12.3. The van der Waals surface area contributed by atoms with Gasteiger partial charge in [0.25, 0.3) is 5.12 Å². The average Bonchev–Trinajstić information content (AvgIpc) is 2.65. The predicted octanol–water partition coefficient (Wildman–Crippen LogP) is 4.53. The first kappa shape index (κ1) is 23.3. The van der Waals surface area contributed by atoms with Crippen LogP contribution < -0.4 is 5.32 Å². The molecule has 0 atom stereocenters. The second-order valence-electron chi connectivity index (χ2n) is 6.15. The van der Waals surface area contributed by atoms with Crippen LogP contribution in [0.2, 0.25) is 5.02 Å². The molecule has 0 unspecified atom stereocenters. The predicted molar refractivity (Wildman–Crippen MR) is 116 cm³/mol. The van der Waals surface area contributed by atoms with Crippen LogP contribution in [0.1, 0.15) is 25.0 Å². The number of ether oxygens (including phenoxy) is 2. The van der Waals surface area contributed by atoms with Crippen molar-refractivity contribution < 1.29 is 17.9 Å². The van der Waals surface area contributed by atoms with E-state index in [1.165, 1.54) is 0 Å². The molecule has 0 aliphatic rings. The molecule has 0 amide bonds. The fraction of sp³-hybridized carbons (Fsp3) is 0.400. The van der Waals surface area contributed by atoms with Crippen molar-refractivity contribution in [2.24, 2.45) is 0 Å². The number of nitrogens with one attached hydrogen (secondary N) is 1. The van der Waals surface area contributed by atoms with Crippen LogP contribution in [0.5, 0.6) is 0 Å². The van der Waals surface area contributed by atoms with E-state index in [1.807, 2.05) is 30.3 Å². The van der Waals surface area contributed by atoms with Gasteiger partial charge in [0.15, 0.2) is 0 Å². The molecule has 28 heavy (non-hydrogen) atoms. The third-order valence-electron chi connectivity index (χ3n) is 4.06. The van der Waals surface area contributed by atoms with Crippen molar-refractivity contribution in [2.75, 3.05) is 19.8 Å². The molecule has 0 aliphatic carbocycles. The SMILES string of the molecule is CCOC(CNCc1ccc(Cl)c(Br)c1)(OCC)S(=O)(=O)Cc1ccccc1. The standard InChI is InChI=1S/C20H25BrClNO4S/c1-3-26-20(27-4-2,28(24,25)14-16-8-6-5-7-9-16)15-23-13-17-10-11-19(22)18(21)12-17/h5-12,23H,3-4,13-15H2,1-2H3. The van der Waals surface area contributed by atoms with Gasteiger partial charge < -0.3 is 14.8 Å². The van der Waals surface area contributed by atoms with Gasteiger partial charge in [0, 0.05) is 24.2 Å². The van der Waals surface area contributed by atoms with Gasteiger partial charge >= 0.3 is 0 Å². The molecule has 0 saturated heterocycles. The monoisotopic (exact) mass is 489 g/mol. The molecule has 2 aromatic rings. The second kappa shape index (κ2) is 10.7. The molecule has 0 saturated carbocycles. The van der Waals surface area contributed by atoms with E-state index in [2.05, 4.69) is 21.2 Å². The van der Waals surface area contributed by atoms with Gasteiger partial charge in [-0.3, -0.25) is 0 Å². The minimum Gasteiger partial charge on any atom is -0.337 e. The Bertz CT molecular complexity index is 856. The van der Waals surface area contributed by atoms with E-state index in [-0.39, 0.29) is 25.5 Å². The lowest BCUT2D eigenvalue weighted by Crippen LogP contribution is -2.52. The summed E-state index contributed by atoms with van der Waals surface area (Å²) in [5, 5.41) is 2.02. The maximum atomic E-state index is 13.2. The van der Waals surface area contributed by atoms with Gasteiger partial charge in [-0.15, -0.1) is 0 Å². The largest absolute Gasteiger partial charge is 0.337 e. The van der Waals surface area contributed by atoms with Gasteiger partial charge in [0.2, 0.25) is 9.84 Å². The van der Waals surface area contributed by atoms with E-state index in [0.29, 0.717) is 17.1 Å². The Morgan fingerprint density at radius 2 is 1.68 bits per heavy atom. The molecule has 0 heterocycles. The summed E-state index contributed by atoms with van der Waals surface area (Å²) < 4.78 is 38.6. The van der Waals surface area contributed by atoms with Crippen molar-refractivity contribution in [2.45, 2.75) is 31.3 Å². The lowest BCUT2D eigenvalue weighted by molar-refractivity contribution is -0.169. The van der Waals surface area contributed by atoms with Crippen molar-refractivity contribution in [3.05, 3.63) is 69.2 Å². The molecule has 0 aliphatic heterocycles. The second-order valence-corrected chi connectivity index (χ2v) is 9.55. The summed E-state index contributed by atoms with van der Waals surface area (Å²) in [6.07, 6.45) is 0. The lowest BCUT2D eigenvalue weighted by atomic mass is 10.2. The summed E-state index contributed by atoms with van der Waals surface area (Å²) in [6, 6.07) is 14.6. The summed E-state index contributed by atoms with van der Waals surface area (Å²) in [7, 11) is -3.77. The quantitative estimate of drug-likeness (QED) is 0.469. The number of benzene rings is 2. The summed E-state index contributed by atoms with van der Waals surface area (Å²) in [6.45, 7) is 4.37. The average molecular weight is 491 g/mol. The van der Waals surface area contributed by atoms with Gasteiger partial charge in [-0.05, 0) is 53.0 Å². The van der Waals surface area contributed by atoms with E-state index in [9.17, 15) is 8.42 Å². The fourth-order valence-corrected chi connectivity index (χ4v) is 5.10. The first-order valence-electron chi connectivity index (χ1n) is 9.02. The molecule has 0 bridgehead atoms. The zero-order valence-electron chi connectivity index (χ0n) is 16.0. The van der Waals surface area contributed by atoms with Gasteiger partial charge in [-0.25, -0.2) is 8.42 Å². The van der Waals surface area contributed by atoms with Crippen molar-refractivity contribution in [1.82, 2.24) is 5.32 Å². The summed E-state index contributed by atoms with van der Waals surface area (Å²) >= 11 is 9.41. The Kier molecular flexibility index (Phi) is 8.92. The zero-order valence-corrected chi connectivity index (χ0v) is 19.1. The molecule has 1 N–H and O–H groups in total. The summed E-state index contributed by atoms with van der Waals surface area (Å²) in [4.78, 5) is 0. The number of hydrogen-bond acceptors (Lipinski definition) is 5. The van der Waals surface area contributed by atoms with Gasteiger partial charge in [-0.2, -0.15) is 0 Å². The van der Waals surface area contributed by atoms with E-state index >= 15 is 0 Å². The van der Waals surface area contributed by atoms with Crippen LogP contribution in [0.4, 0.5) is 0 Å². The fourth-order valence-electron chi connectivity index (χ4n) is 2.79. The van der Waals surface area contributed by atoms with E-state index in [4.69, 9.17) is 21.1 Å². The van der Waals surface area contributed by atoms with Crippen molar-refractivity contribution in [3.8, 4) is 0 Å². The zero-order chi connectivity index (χ0) is 20.6. The number of sulfone groups is 1. The highest BCUT2D eigenvalue weighted by molar-refractivity contribution is 9.10. The van der Waals surface area contributed by atoms with E-state index < -0.39 is 15.0 Å². The molecule has 0 aromatic heterocycles. The smallest absolute Gasteiger partial charge is 0.287 e. The van der Waals surface area contributed by atoms with Gasteiger partial charge in [0.05, 0.1) is 17.3 Å². The third-order valence-corrected chi connectivity index (χ3v) is 7.31. The van der Waals surface area contributed by atoms with E-state index in [1.54, 1.807) is 32.0 Å². The highest BCUT2D eigenvalue weighted by Gasteiger charge is 2.45. The van der Waals surface area contributed by atoms with Crippen LogP contribution in [0.25, 0.3) is 0 Å². The van der Waals surface area contributed by atoms with Crippen LogP contribution in [0, 0.1) is 0 Å². The van der Waals surface area contributed by atoms with Gasteiger partial charge in [0.1, 0.15) is 0 Å². The first-order valence-corrected chi connectivity index (χ1v) is 11.8. The Morgan fingerprint density at radius 3 is 2.25 bits per heavy atom. The number of rotatable bonds is 11. The topological polar surface area (TPSA) is 64.6 Å². The Hall–Kier alpha value is -0.960. The molecule has 2 rings (SSSR count). The highest BCUT2D eigenvalue weighted by Crippen LogP contribution is 2.26. The molecule has 0 radical (unpaired) electrons. The van der Waals surface area contributed by atoms with Crippen LogP contribution in [0.3, 0.4) is 0 Å². The maximum absolute atomic E-state index is 13.2. The Morgan fingerprint density at radius 1 is 1.04 bits per heavy atom. The van der Waals surface area contributed by atoms with Crippen molar-refractivity contribution in [1.29, 1.82) is 0 Å². The highest BCUT2D eigenvalue weighted by atomic mass is 79.9. The van der Waals surface area contributed by atoms with Crippen molar-refractivity contribution >= 4 is 37.4 Å². The molecular formula is C20H25BrClNO4S. The number of hydrogen-bond donors (Lipinski definition) is 1. The van der Waals surface area contributed by atoms with E-state index in [0.717, 1.165) is 10.0 Å². The molecule has 5 nitrogen and oxygen atoms in total. The summed E-state index contributed by atoms with van der Waals surface area (Å²) in [5.41, 5.74) is 1.64. The minimum atomic E-state index is -3.77. The first-order chi connectivity index (χ1) is 13.3. The third kappa shape index (κ3) is 6.02. The summed E-state index contributed by atoms with van der Waals surface area (Å²) in [5.74, 6) is -0.165. The van der Waals surface area contributed by atoms with Crippen molar-refractivity contribution in [3.63, 3.8) is 0 Å². The lowest BCUT2D eigenvalue weighted by Gasteiger charge is -2.33. The Labute approximate surface area is 180 Å².